The van der Waals surface area contributed by atoms with E-state index in [0.717, 1.165) is 0 Å². The fraction of sp³-hybridized carbons (Fsp3) is 0. The van der Waals surface area contributed by atoms with E-state index in [2.05, 4.69) is 10.3 Å². The number of benzene rings is 1. The van der Waals surface area contributed by atoms with Gasteiger partial charge in [0.15, 0.2) is 0 Å². The van der Waals surface area contributed by atoms with E-state index in [-0.39, 0.29) is 11.3 Å². The molecule has 0 atom stereocenters. The van der Waals surface area contributed by atoms with Crippen molar-refractivity contribution in [3.63, 3.8) is 0 Å². The Morgan fingerprint density at radius 2 is 1.95 bits per heavy atom. The number of nitrogens with one attached hydrogen (secondary N) is 1. The maximum atomic E-state index is 13.3. The van der Waals surface area contributed by atoms with E-state index in [4.69, 9.17) is 0 Å². The fourth-order valence-electron chi connectivity index (χ4n) is 1.42. The van der Waals surface area contributed by atoms with Crippen molar-refractivity contribution in [3.8, 4) is 0 Å². The van der Waals surface area contributed by atoms with Crippen LogP contribution >= 0.6 is 0 Å². The van der Waals surface area contributed by atoms with Crippen LogP contribution in [0.25, 0.3) is 0 Å². The second-order valence-electron chi connectivity index (χ2n) is 3.60. The van der Waals surface area contributed by atoms with Gasteiger partial charge >= 0.3 is 0 Å². The predicted molar refractivity (Wildman–Crippen MR) is 65.2 cm³/mol. The molecule has 0 saturated heterocycles. The number of nitro groups is 1. The van der Waals surface area contributed by atoms with Crippen molar-refractivity contribution >= 4 is 17.3 Å². The highest BCUT2D eigenvalue weighted by Gasteiger charge is 2.12. The van der Waals surface area contributed by atoms with Crippen LogP contribution in [0.4, 0.5) is 15.8 Å². The van der Waals surface area contributed by atoms with Gasteiger partial charge in [0, 0.05) is 24.0 Å². The zero-order valence-electron chi connectivity index (χ0n) is 9.54. The molecular weight excluding hydrogens is 253 g/mol. The van der Waals surface area contributed by atoms with Crippen molar-refractivity contribution in [1.82, 2.24) is 4.98 Å². The second kappa shape index (κ2) is 5.21. The number of pyridine rings is 1. The Morgan fingerprint density at radius 3 is 2.53 bits per heavy atom. The van der Waals surface area contributed by atoms with E-state index < -0.39 is 16.8 Å². The molecule has 6 nitrogen and oxygen atoms in total. The molecule has 7 heteroatoms. The van der Waals surface area contributed by atoms with Crippen LogP contribution in [0.1, 0.15) is 10.4 Å². The number of non-ortho nitro benzene ring substituents is 1. The Bertz CT molecular complexity index is 628. The van der Waals surface area contributed by atoms with Gasteiger partial charge in [0.25, 0.3) is 11.6 Å². The number of amides is 1. The molecule has 19 heavy (non-hydrogen) atoms. The van der Waals surface area contributed by atoms with E-state index >= 15 is 0 Å². The van der Waals surface area contributed by atoms with E-state index in [1.165, 1.54) is 42.6 Å². The van der Waals surface area contributed by atoms with Gasteiger partial charge in [0.05, 0.1) is 10.5 Å². The van der Waals surface area contributed by atoms with Crippen LogP contribution in [0, 0.1) is 16.1 Å². The normalized spacial score (nSPS) is 9.95. The fourth-order valence-corrected chi connectivity index (χ4v) is 1.42. The van der Waals surface area contributed by atoms with Crippen LogP contribution in [0.3, 0.4) is 0 Å². The van der Waals surface area contributed by atoms with E-state index in [9.17, 15) is 19.3 Å². The van der Waals surface area contributed by atoms with Crippen LogP contribution in [0.5, 0.6) is 0 Å². The van der Waals surface area contributed by atoms with Gasteiger partial charge in [0.1, 0.15) is 0 Å². The molecule has 0 fully saturated rings. The molecular formula is C12H8FN3O3. The van der Waals surface area contributed by atoms with Crippen molar-refractivity contribution in [2.75, 3.05) is 5.32 Å². The number of carbonyl (C=O) groups excluding carboxylic acids is 1. The molecule has 1 heterocycles. The molecule has 0 bridgehead atoms. The van der Waals surface area contributed by atoms with Crippen molar-refractivity contribution in [2.45, 2.75) is 0 Å². The number of nitro benzene ring substituents is 1. The third-order valence-electron chi connectivity index (χ3n) is 2.34. The summed E-state index contributed by atoms with van der Waals surface area (Å²) in [5, 5.41) is 12.9. The minimum Gasteiger partial charge on any atom is -0.322 e. The Morgan fingerprint density at radius 1 is 1.26 bits per heavy atom. The van der Waals surface area contributed by atoms with E-state index in [1.54, 1.807) is 0 Å². The molecule has 1 N–H and O–H groups in total. The molecule has 0 radical (unpaired) electrons. The lowest BCUT2D eigenvalue weighted by Gasteiger charge is -2.05. The van der Waals surface area contributed by atoms with Crippen molar-refractivity contribution in [1.29, 1.82) is 0 Å². The largest absolute Gasteiger partial charge is 0.322 e. The number of halogens is 1. The van der Waals surface area contributed by atoms with Crippen molar-refractivity contribution in [2.24, 2.45) is 0 Å². The van der Waals surface area contributed by atoms with Gasteiger partial charge in [-0.15, -0.1) is 0 Å². The summed E-state index contributed by atoms with van der Waals surface area (Å²) < 4.78 is 13.3. The number of hydrogen-bond donors (Lipinski definition) is 1. The molecule has 1 amide bonds. The Hall–Kier alpha value is -2.83. The molecule has 0 aliphatic rings. The van der Waals surface area contributed by atoms with Gasteiger partial charge in [-0.1, -0.05) is 0 Å². The van der Waals surface area contributed by atoms with E-state index in [0.29, 0.717) is 5.69 Å². The van der Waals surface area contributed by atoms with Crippen molar-refractivity contribution < 1.29 is 14.1 Å². The first kappa shape index (κ1) is 12.6. The van der Waals surface area contributed by atoms with Gasteiger partial charge in [-0.25, -0.2) is 4.98 Å². The Labute approximate surface area is 107 Å². The average molecular weight is 261 g/mol. The Balaban J connectivity index is 2.15. The summed E-state index contributed by atoms with van der Waals surface area (Å²) in [6.45, 7) is 0. The maximum Gasteiger partial charge on any atom is 0.269 e. The quantitative estimate of drug-likeness (QED) is 0.522. The first-order valence-electron chi connectivity index (χ1n) is 5.24. The number of anilines is 1. The molecule has 0 spiro atoms. The number of nitrogens with zero attached hydrogens (tertiary/aromatic N) is 2. The smallest absolute Gasteiger partial charge is 0.269 e. The average Bonchev–Trinajstić information content (AvgIpc) is 2.39. The molecule has 0 unspecified atom stereocenters. The van der Waals surface area contributed by atoms with Gasteiger partial charge < -0.3 is 5.32 Å². The van der Waals surface area contributed by atoms with Gasteiger partial charge in [-0.2, -0.15) is 4.39 Å². The summed E-state index contributed by atoms with van der Waals surface area (Å²) in [7, 11) is 0. The Kier molecular flexibility index (Phi) is 3.46. The summed E-state index contributed by atoms with van der Waals surface area (Å²) in [5.74, 6) is -1.54. The topological polar surface area (TPSA) is 85.1 Å². The standard InChI is InChI=1S/C12H8FN3O3/c13-11-10(2-1-7-14-11)12(17)15-8-3-5-9(6-4-8)16(18)19/h1-7H,(H,15,17). The molecule has 0 aliphatic carbocycles. The number of aromatic nitrogens is 1. The SMILES string of the molecule is O=C(Nc1ccc([N+](=O)[O-])cc1)c1cccnc1F. The third kappa shape index (κ3) is 2.89. The molecule has 0 saturated carbocycles. The highest BCUT2D eigenvalue weighted by molar-refractivity contribution is 6.04. The highest BCUT2D eigenvalue weighted by Crippen LogP contribution is 2.16. The number of carbonyl (C=O) groups is 1. The summed E-state index contributed by atoms with van der Waals surface area (Å²) in [4.78, 5) is 25.0. The predicted octanol–water partition coefficient (Wildman–Crippen LogP) is 2.38. The molecule has 1 aromatic carbocycles. The summed E-state index contributed by atoms with van der Waals surface area (Å²) >= 11 is 0. The van der Waals surface area contributed by atoms with Crippen molar-refractivity contribution in [3.05, 3.63) is 64.2 Å². The molecule has 96 valence electrons. The molecule has 1 aromatic heterocycles. The lowest BCUT2D eigenvalue weighted by Crippen LogP contribution is -2.14. The molecule has 2 aromatic rings. The lowest BCUT2D eigenvalue weighted by atomic mass is 10.2. The van der Waals surface area contributed by atoms with Gasteiger partial charge in [-0.3, -0.25) is 14.9 Å². The summed E-state index contributed by atoms with van der Waals surface area (Å²) in [5.41, 5.74) is 0.0465. The zero-order chi connectivity index (χ0) is 13.8. The van der Waals surface area contributed by atoms with E-state index in [1.807, 2.05) is 0 Å². The minimum atomic E-state index is -0.873. The van der Waals surface area contributed by atoms with Gasteiger partial charge in [-0.05, 0) is 24.3 Å². The maximum absolute atomic E-state index is 13.3. The van der Waals surface area contributed by atoms with Crippen LogP contribution in [0.15, 0.2) is 42.6 Å². The highest BCUT2D eigenvalue weighted by atomic mass is 19.1. The summed E-state index contributed by atoms with van der Waals surface area (Å²) in [6, 6.07) is 7.95. The number of rotatable bonds is 3. The molecule has 0 aliphatic heterocycles. The first-order valence-corrected chi connectivity index (χ1v) is 5.24. The van der Waals surface area contributed by atoms with Crippen LogP contribution in [-0.2, 0) is 0 Å². The third-order valence-corrected chi connectivity index (χ3v) is 2.34. The monoisotopic (exact) mass is 261 g/mol. The van der Waals surface area contributed by atoms with Gasteiger partial charge in [0.2, 0.25) is 5.95 Å². The first-order chi connectivity index (χ1) is 9.08. The number of hydrogen-bond acceptors (Lipinski definition) is 4. The minimum absolute atomic E-state index is 0.0921. The summed E-state index contributed by atoms with van der Waals surface area (Å²) in [6.07, 6.45) is 1.23. The molecule has 2 rings (SSSR count). The zero-order valence-corrected chi connectivity index (χ0v) is 9.54. The second-order valence-corrected chi connectivity index (χ2v) is 3.60. The van der Waals surface area contributed by atoms with Crippen LogP contribution in [-0.4, -0.2) is 15.8 Å². The van der Waals surface area contributed by atoms with Crippen LogP contribution in [0.2, 0.25) is 0 Å². The van der Waals surface area contributed by atoms with Crippen LogP contribution < -0.4 is 5.32 Å². The lowest BCUT2D eigenvalue weighted by molar-refractivity contribution is -0.384.